The van der Waals surface area contributed by atoms with E-state index >= 15 is 0 Å². The molecule has 1 N–H and O–H groups in total. The normalized spacial score (nSPS) is 12.4. The molecule has 0 bridgehead atoms. The van der Waals surface area contributed by atoms with Crippen LogP contribution in [0, 0.1) is 13.8 Å². The smallest absolute Gasteiger partial charge is 0.340 e. The molecule has 7 heteroatoms. The second-order valence-corrected chi connectivity index (χ2v) is 12.6. The molecule has 1 atom stereocenters. The average molecular weight is 600 g/mol. The van der Waals surface area contributed by atoms with E-state index in [0.717, 1.165) is 27.6 Å². The van der Waals surface area contributed by atoms with Crippen molar-refractivity contribution in [2.75, 3.05) is 5.32 Å². The predicted octanol–water partition coefficient (Wildman–Crippen LogP) is 8.60. The number of hydrogen-bond donors (Lipinski definition) is 1. The van der Waals surface area contributed by atoms with Crippen molar-refractivity contribution in [2.24, 2.45) is 0 Å². The first-order chi connectivity index (χ1) is 21.5. The summed E-state index contributed by atoms with van der Waals surface area (Å²) in [5, 5.41) is 9.59. The van der Waals surface area contributed by atoms with Gasteiger partial charge in [0.25, 0.3) is 0 Å². The number of rotatable bonds is 7. The van der Waals surface area contributed by atoms with E-state index in [2.05, 4.69) is 22.5 Å². The van der Waals surface area contributed by atoms with Gasteiger partial charge in [0.15, 0.2) is 5.43 Å². The zero-order chi connectivity index (χ0) is 31.9. The number of nitrogens with one attached hydrogen (secondary N) is 1. The molecular formula is C38H37N3O4. The van der Waals surface area contributed by atoms with E-state index in [0.29, 0.717) is 40.1 Å². The second kappa shape index (κ2) is 11.7. The molecule has 228 valence electrons. The van der Waals surface area contributed by atoms with Crippen LogP contribution < -0.4 is 10.7 Å². The molecule has 0 saturated carbocycles. The lowest BCUT2D eigenvalue weighted by molar-refractivity contribution is 0.00706. The van der Waals surface area contributed by atoms with Crippen LogP contribution in [0.25, 0.3) is 33.2 Å². The van der Waals surface area contributed by atoms with Crippen molar-refractivity contribution >= 4 is 33.5 Å². The van der Waals surface area contributed by atoms with Crippen LogP contribution in [0.4, 0.5) is 5.69 Å². The molecule has 2 aromatic heterocycles. The molecule has 0 unspecified atom stereocenters. The average Bonchev–Trinajstić information content (AvgIpc) is 3.40. The quantitative estimate of drug-likeness (QED) is 0.185. The van der Waals surface area contributed by atoms with Gasteiger partial charge in [0.1, 0.15) is 16.9 Å². The Kier molecular flexibility index (Phi) is 7.79. The predicted molar refractivity (Wildman–Crippen MR) is 180 cm³/mol. The molecule has 0 aliphatic heterocycles. The fourth-order valence-corrected chi connectivity index (χ4v) is 5.71. The van der Waals surface area contributed by atoms with Gasteiger partial charge in [0.05, 0.1) is 35.2 Å². The van der Waals surface area contributed by atoms with E-state index in [4.69, 9.17) is 9.15 Å². The van der Waals surface area contributed by atoms with Gasteiger partial charge in [-0.05, 0) is 89.1 Å². The number of ether oxygens (including phenoxy) is 1. The lowest BCUT2D eigenvalue weighted by atomic mass is 9.98. The SMILES string of the molecule is Cc1cc([C@@H](C)Nc2ccccc2C(=O)OC(C)(C)C)c2oc(-c3ccc4c(cnn4Cc4ccccc4)c3)c(C)c(=O)c2c1. The standard InChI is InChI=1S/C38H37N3O4/c1-23-18-30(25(3)40-32-15-11-10-14-29(32)37(43)45-38(4,5)6)36-31(19-23)34(42)24(2)35(44-36)27-16-17-33-28(20-27)21-39-41(33)22-26-12-8-7-9-13-26/h7-21,25,40H,22H2,1-6H3/t25-/m1/s1. The summed E-state index contributed by atoms with van der Waals surface area (Å²) in [6, 6.07) is 27.1. The highest BCUT2D eigenvalue weighted by atomic mass is 16.6. The zero-order valence-corrected chi connectivity index (χ0v) is 26.5. The fourth-order valence-electron chi connectivity index (χ4n) is 5.71. The van der Waals surface area contributed by atoms with E-state index in [-0.39, 0.29) is 11.5 Å². The minimum absolute atomic E-state index is 0.0718. The van der Waals surface area contributed by atoms with Gasteiger partial charge in [-0.3, -0.25) is 9.48 Å². The number of carbonyl (C=O) groups excluding carboxylic acids is 1. The minimum Gasteiger partial charge on any atom is -0.456 e. The Morgan fingerprint density at radius 3 is 2.47 bits per heavy atom. The summed E-state index contributed by atoms with van der Waals surface area (Å²) in [5.74, 6) is 0.121. The Morgan fingerprint density at radius 2 is 1.71 bits per heavy atom. The maximum absolute atomic E-state index is 13.8. The van der Waals surface area contributed by atoms with Gasteiger partial charge in [0.2, 0.25) is 0 Å². The Labute approximate surface area is 262 Å². The first-order valence-electron chi connectivity index (χ1n) is 15.2. The van der Waals surface area contributed by atoms with Crippen molar-refractivity contribution in [2.45, 2.75) is 59.7 Å². The zero-order valence-electron chi connectivity index (χ0n) is 26.5. The summed E-state index contributed by atoms with van der Waals surface area (Å²) >= 11 is 0. The van der Waals surface area contributed by atoms with Gasteiger partial charge >= 0.3 is 5.97 Å². The third kappa shape index (κ3) is 6.11. The number of fused-ring (bicyclic) bond motifs is 2. The molecule has 6 rings (SSSR count). The monoisotopic (exact) mass is 599 g/mol. The molecule has 45 heavy (non-hydrogen) atoms. The topological polar surface area (TPSA) is 86.4 Å². The van der Waals surface area contributed by atoms with Crippen LogP contribution in [0.5, 0.6) is 0 Å². The van der Waals surface area contributed by atoms with Crippen LogP contribution in [-0.4, -0.2) is 21.4 Å². The van der Waals surface area contributed by atoms with Crippen LogP contribution in [-0.2, 0) is 11.3 Å². The van der Waals surface area contributed by atoms with Gasteiger partial charge in [-0.1, -0.05) is 48.5 Å². The number of esters is 1. The molecule has 0 aliphatic rings. The summed E-state index contributed by atoms with van der Waals surface area (Å²) in [6.07, 6.45) is 1.85. The Hall–Kier alpha value is -5.17. The van der Waals surface area contributed by atoms with Crippen LogP contribution in [0.2, 0.25) is 0 Å². The van der Waals surface area contributed by atoms with E-state index in [1.165, 1.54) is 5.56 Å². The maximum Gasteiger partial charge on any atom is 0.340 e. The van der Waals surface area contributed by atoms with Gasteiger partial charge in [-0.2, -0.15) is 5.10 Å². The summed E-state index contributed by atoms with van der Waals surface area (Å²) in [4.78, 5) is 26.8. The number of carbonyl (C=O) groups is 1. The largest absolute Gasteiger partial charge is 0.456 e. The molecule has 6 aromatic rings. The number of nitrogens with zero attached hydrogens (tertiary/aromatic N) is 2. The molecule has 2 heterocycles. The van der Waals surface area contributed by atoms with Crippen LogP contribution in [0.1, 0.15) is 66.3 Å². The molecule has 0 amide bonds. The lowest BCUT2D eigenvalue weighted by Gasteiger charge is -2.23. The van der Waals surface area contributed by atoms with Crippen molar-refractivity contribution in [1.82, 2.24) is 9.78 Å². The number of hydrogen-bond acceptors (Lipinski definition) is 6. The number of benzene rings is 4. The van der Waals surface area contributed by atoms with Crippen LogP contribution in [0.15, 0.2) is 100 Å². The molecule has 0 saturated heterocycles. The number of para-hydroxylation sites is 1. The molecule has 0 aliphatic carbocycles. The van der Waals surface area contributed by atoms with Crippen molar-refractivity contribution in [3.05, 3.63) is 129 Å². The van der Waals surface area contributed by atoms with E-state index < -0.39 is 11.6 Å². The van der Waals surface area contributed by atoms with Gasteiger partial charge in [-0.15, -0.1) is 0 Å². The Balaban J connectivity index is 1.39. The van der Waals surface area contributed by atoms with Crippen LogP contribution >= 0.6 is 0 Å². The number of anilines is 1. The first-order valence-corrected chi connectivity index (χ1v) is 15.2. The molecule has 4 aromatic carbocycles. The Morgan fingerprint density at radius 1 is 0.978 bits per heavy atom. The Bertz CT molecular complexity index is 2100. The van der Waals surface area contributed by atoms with E-state index in [1.807, 2.05) is 119 Å². The van der Waals surface area contributed by atoms with Crippen molar-refractivity contribution in [1.29, 1.82) is 0 Å². The maximum atomic E-state index is 13.8. The lowest BCUT2D eigenvalue weighted by Crippen LogP contribution is -2.24. The third-order valence-electron chi connectivity index (χ3n) is 7.86. The van der Waals surface area contributed by atoms with Gasteiger partial charge < -0.3 is 14.5 Å². The third-order valence-corrected chi connectivity index (χ3v) is 7.86. The first kappa shape index (κ1) is 29.9. The van der Waals surface area contributed by atoms with Crippen molar-refractivity contribution in [3.63, 3.8) is 0 Å². The molecule has 0 spiro atoms. The highest BCUT2D eigenvalue weighted by molar-refractivity contribution is 5.96. The van der Waals surface area contributed by atoms with Gasteiger partial charge in [0, 0.05) is 27.8 Å². The highest BCUT2D eigenvalue weighted by Crippen LogP contribution is 2.34. The van der Waals surface area contributed by atoms with Gasteiger partial charge in [-0.25, -0.2) is 4.79 Å². The van der Waals surface area contributed by atoms with E-state index in [9.17, 15) is 9.59 Å². The molecule has 7 nitrogen and oxygen atoms in total. The number of aromatic nitrogens is 2. The fraction of sp³-hybridized carbons (Fsp3) is 0.237. The highest BCUT2D eigenvalue weighted by Gasteiger charge is 2.23. The molecular weight excluding hydrogens is 562 g/mol. The van der Waals surface area contributed by atoms with Crippen molar-refractivity contribution in [3.8, 4) is 11.3 Å². The van der Waals surface area contributed by atoms with Crippen LogP contribution in [0.3, 0.4) is 0 Å². The van der Waals surface area contributed by atoms with E-state index in [1.54, 1.807) is 6.07 Å². The summed E-state index contributed by atoms with van der Waals surface area (Å²) in [7, 11) is 0. The molecule has 0 radical (unpaired) electrons. The molecule has 0 fully saturated rings. The summed E-state index contributed by atoms with van der Waals surface area (Å²) < 4.78 is 14.3. The summed E-state index contributed by atoms with van der Waals surface area (Å²) in [5.41, 5.74) is 6.19. The number of aryl methyl sites for hydroxylation is 1. The second-order valence-electron chi connectivity index (χ2n) is 12.6. The summed E-state index contributed by atoms with van der Waals surface area (Å²) in [6.45, 7) is 12.0. The van der Waals surface area contributed by atoms with Crippen molar-refractivity contribution < 1.29 is 13.9 Å². The minimum atomic E-state index is -0.621.